The molecule has 0 aromatic heterocycles. The van der Waals surface area contributed by atoms with Gasteiger partial charge in [0.25, 0.3) is 11.7 Å². The van der Waals surface area contributed by atoms with Gasteiger partial charge < -0.3 is 86.7 Å². The highest BCUT2D eigenvalue weighted by molar-refractivity contribution is 6.39. The Morgan fingerprint density at radius 3 is 1.88 bits per heavy atom. The topological polar surface area (TPSA) is 270 Å². The SMILES string of the molecule is CCOCCOCCOCCOCCOCCOCCOCCNC(=O)OC1CC[C@@H](C[C@@H](C)[C@@H]2C[C@@H](OC)[C@H](C)/C=C(\C)[C@@H](O)[C@@H](OC)C(=O)[C@H](C)C[C@H](C)/C=C/C=C/C=C(\C)[C@@H](OC)C[C@@H]3CC[C@@H](C)[C@@](O)(O3)C(=O)C(=O)N3CCCC[C@H]3C(=O)O2)C[C@H]1OC. The molecule has 528 valence electrons. The van der Waals surface area contributed by atoms with Crippen LogP contribution in [0.5, 0.6) is 0 Å². The second kappa shape index (κ2) is 44.6. The third-order valence-electron chi connectivity index (χ3n) is 18.1. The van der Waals surface area contributed by atoms with E-state index in [2.05, 4.69) is 5.32 Å². The lowest BCUT2D eigenvalue weighted by Gasteiger charge is -2.43. The maximum absolute atomic E-state index is 14.8. The molecule has 23 nitrogen and oxygen atoms in total. The van der Waals surface area contributed by atoms with Crippen LogP contribution in [0.1, 0.15) is 132 Å². The number of ether oxygens (including phenoxy) is 14. The third kappa shape index (κ3) is 27.6. The number of nitrogens with zero attached hydrogens (tertiary/aromatic N) is 1. The largest absolute Gasteiger partial charge is 0.460 e. The smallest absolute Gasteiger partial charge is 0.407 e. The van der Waals surface area contributed by atoms with Crippen LogP contribution in [0.15, 0.2) is 47.6 Å². The number of hydrogen-bond acceptors (Lipinski definition) is 21. The summed E-state index contributed by atoms with van der Waals surface area (Å²) in [4.78, 5) is 72.1. The maximum atomic E-state index is 14.8. The maximum Gasteiger partial charge on any atom is 0.407 e. The third-order valence-corrected chi connectivity index (χ3v) is 18.1. The van der Waals surface area contributed by atoms with E-state index in [4.69, 9.17) is 66.3 Å². The first kappa shape index (κ1) is 80.4. The number of rotatable bonds is 30. The van der Waals surface area contributed by atoms with Crippen molar-refractivity contribution in [2.24, 2.45) is 35.5 Å². The number of ketones is 2. The number of carbonyl (C=O) groups excluding carboxylic acids is 5. The highest BCUT2D eigenvalue weighted by atomic mass is 16.6. The van der Waals surface area contributed by atoms with Crippen LogP contribution >= 0.6 is 0 Å². The summed E-state index contributed by atoms with van der Waals surface area (Å²) >= 11 is 0. The molecule has 0 aromatic rings. The number of Topliss-reactive ketones (excluding diaryl/α,β-unsaturated/α-hetero) is 2. The summed E-state index contributed by atoms with van der Waals surface area (Å²) in [6.07, 6.45) is 10.8. The normalized spacial score (nSPS) is 32.7. The number of hydrogen-bond donors (Lipinski definition) is 3. The van der Waals surface area contributed by atoms with E-state index in [0.717, 1.165) is 5.57 Å². The van der Waals surface area contributed by atoms with E-state index in [1.165, 1.54) is 12.0 Å². The molecular formula is C69H116N2O21. The van der Waals surface area contributed by atoms with Gasteiger partial charge in [-0.25, -0.2) is 9.59 Å². The van der Waals surface area contributed by atoms with Crippen LogP contribution in [-0.4, -0.2) is 239 Å². The van der Waals surface area contributed by atoms with Gasteiger partial charge in [0, 0.05) is 78.7 Å². The zero-order valence-electron chi connectivity index (χ0n) is 57.5. The number of alkyl carbamates (subject to hydrolysis) is 1. The van der Waals surface area contributed by atoms with Gasteiger partial charge in [0.1, 0.15) is 30.5 Å². The van der Waals surface area contributed by atoms with Crippen LogP contribution in [-0.2, 0) is 85.5 Å². The van der Waals surface area contributed by atoms with Gasteiger partial charge in [-0.1, -0.05) is 71.1 Å². The Hall–Kier alpha value is -4.05. The molecule has 4 rings (SSSR count). The van der Waals surface area contributed by atoms with Gasteiger partial charge in [-0.2, -0.15) is 0 Å². The van der Waals surface area contributed by atoms with Crippen molar-refractivity contribution in [2.45, 2.75) is 193 Å². The number of fused-ring (bicyclic) bond motifs is 3. The molecule has 16 atom stereocenters. The molecule has 1 aliphatic carbocycles. The summed E-state index contributed by atoms with van der Waals surface area (Å²) in [7, 11) is 6.16. The number of esters is 1. The Labute approximate surface area is 548 Å². The van der Waals surface area contributed by atoms with Gasteiger partial charge in [-0.05, 0) is 114 Å². The van der Waals surface area contributed by atoms with Crippen molar-refractivity contribution < 1.29 is 101 Å². The Morgan fingerprint density at radius 1 is 0.685 bits per heavy atom. The number of allylic oxidation sites excluding steroid dienone is 5. The molecule has 0 aromatic carbocycles. The number of aliphatic hydroxyl groups excluding tert-OH is 1. The van der Waals surface area contributed by atoms with Gasteiger partial charge in [0.2, 0.25) is 5.79 Å². The molecule has 0 radical (unpaired) electrons. The number of carbonyl (C=O) groups is 5. The standard InChI is InChI=1S/C69H116N2O21/c1-13-83-29-30-85-33-34-87-37-38-89-40-39-88-36-35-86-32-31-84-28-26-70-68(77)91-57-25-23-54(44-61(57)81-11)43-50(5)60-46-59(80-10)49(4)42-52(7)63(73)64(82-12)62(72)51(6)41-47(2)19-15-14-16-20-48(3)58(79-9)45-55-24-22-53(8)69(78,92-55)65(74)66(75)71-27-18-17-21-56(71)67(76)90-60/h14-16,19-20,42,47,49-51,53-61,63-64,73,78H,13,17-18,21-41,43-46H2,1-12H3,(H,70,77)/b16-14+,19-15+,48-20+,52-42+/t47-,49-,50-,51-,53-,54+,55+,56+,57?,58+,59-,60+,61-,63-,64+,69-/m1/s1. The van der Waals surface area contributed by atoms with Crippen molar-refractivity contribution in [1.29, 1.82) is 0 Å². The number of piperidine rings is 1. The second-order valence-electron chi connectivity index (χ2n) is 25.2. The average molecular weight is 1310 g/mol. The van der Waals surface area contributed by atoms with Gasteiger partial charge in [0.15, 0.2) is 5.78 Å². The van der Waals surface area contributed by atoms with E-state index >= 15 is 0 Å². The molecule has 1 unspecified atom stereocenters. The van der Waals surface area contributed by atoms with Crippen molar-refractivity contribution in [1.82, 2.24) is 10.2 Å². The van der Waals surface area contributed by atoms with Crippen LogP contribution in [0.2, 0.25) is 0 Å². The van der Waals surface area contributed by atoms with Crippen molar-refractivity contribution in [3.05, 3.63) is 47.6 Å². The summed E-state index contributed by atoms with van der Waals surface area (Å²) in [5, 5.41) is 26.6. The fourth-order valence-electron chi connectivity index (χ4n) is 12.5. The van der Waals surface area contributed by atoms with E-state index in [9.17, 15) is 34.2 Å². The highest BCUT2D eigenvalue weighted by Gasteiger charge is 2.53. The monoisotopic (exact) mass is 1310 g/mol. The van der Waals surface area contributed by atoms with Crippen LogP contribution in [0.25, 0.3) is 0 Å². The summed E-state index contributed by atoms with van der Waals surface area (Å²) < 4.78 is 80.8. The highest BCUT2D eigenvalue weighted by Crippen LogP contribution is 2.38. The molecule has 4 aliphatic rings. The molecule has 0 spiro atoms. The lowest BCUT2D eigenvalue weighted by molar-refractivity contribution is -0.265. The van der Waals surface area contributed by atoms with E-state index < -0.39 is 96.2 Å². The minimum atomic E-state index is -2.44. The molecule has 3 aliphatic heterocycles. The fraction of sp³-hybridized carbons (Fsp3) is 0.812. The summed E-state index contributed by atoms with van der Waals surface area (Å²) in [6, 6.07) is -1.13. The van der Waals surface area contributed by atoms with Gasteiger partial charge in [0.05, 0.1) is 110 Å². The fourth-order valence-corrected chi connectivity index (χ4v) is 12.5. The summed E-state index contributed by atoms with van der Waals surface area (Å²) in [5.74, 6) is -7.21. The van der Waals surface area contributed by atoms with Crippen LogP contribution in [0, 0.1) is 35.5 Å². The zero-order valence-corrected chi connectivity index (χ0v) is 57.5. The molecule has 2 saturated heterocycles. The number of nitrogens with one attached hydrogen (secondary N) is 1. The second-order valence-corrected chi connectivity index (χ2v) is 25.2. The van der Waals surface area contributed by atoms with Gasteiger partial charge in [-0.15, -0.1) is 0 Å². The molecular weight excluding hydrogens is 1190 g/mol. The van der Waals surface area contributed by atoms with Crippen LogP contribution < -0.4 is 5.32 Å². The van der Waals surface area contributed by atoms with Crippen molar-refractivity contribution >= 4 is 29.5 Å². The summed E-state index contributed by atoms with van der Waals surface area (Å²) in [6.45, 7) is 21.9. The van der Waals surface area contributed by atoms with Crippen molar-refractivity contribution in [2.75, 3.05) is 134 Å². The van der Waals surface area contributed by atoms with E-state index in [1.54, 1.807) is 35.2 Å². The summed E-state index contributed by atoms with van der Waals surface area (Å²) in [5.41, 5.74) is 1.39. The first-order valence-corrected chi connectivity index (χ1v) is 33.7. The molecule has 1 saturated carbocycles. The zero-order chi connectivity index (χ0) is 67.4. The first-order chi connectivity index (χ1) is 44.2. The lowest BCUT2D eigenvalue weighted by Crippen LogP contribution is -2.61. The molecule has 3 heterocycles. The van der Waals surface area contributed by atoms with Gasteiger partial charge >= 0.3 is 12.1 Å². The quantitative estimate of drug-likeness (QED) is 0.0272. The van der Waals surface area contributed by atoms with E-state index in [0.29, 0.717) is 156 Å². The minimum absolute atomic E-state index is 0.0190. The van der Waals surface area contributed by atoms with E-state index in [-0.39, 0.29) is 62.0 Å². The molecule has 2 amide bonds. The average Bonchev–Trinajstić information content (AvgIpc) is 0.793. The van der Waals surface area contributed by atoms with Crippen LogP contribution in [0.4, 0.5) is 4.79 Å². The Bertz CT molecular complexity index is 2270. The molecule has 3 fully saturated rings. The molecule has 92 heavy (non-hydrogen) atoms. The van der Waals surface area contributed by atoms with Gasteiger partial charge in [-0.3, -0.25) is 14.4 Å². The minimum Gasteiger partial charge on any atom is -0.460 e. The number of methoxy groups -OCH3 is 4. The van der Waals surface area contributed by atoms with Crippen LogP contribution in [0.3, 0.4) is 0 Å². The molecule has 23 heteroatoms. The predicted molar refractivity (Wildman–Crippen MR) is 345 cm³/mol. The Kier molecular flexibility index (Phi) is 39.0. The molecule has 2 bridgehead atoms. The Balaban J connectivity index is 1.40. The number of cyclic esters (lactones) is 1. The number of amides is 2. The molecule has 3 N–H and O–H groups in total. The Morgan fingerprint density at radius 2 is 1.29 bits per heavy atom. The van der Waals surface area contributed by atoms with Crippen molar-refractivity contribution in [3.63, 3.8) is 0 Å². The number of aliphatic hydroxyl groups is 2. The lowest BCUT2D eigenvalue weighted by atomic mass is 9.78. The predicted octanol–water partition coefficient (Wildman–Crippen LogP) is 7.50. The van der Waals surface area contributed by atoms with E-state index in [1.807, 2.05) is 78.0 Å². The van der Waals surface area contributed by atoms with Crippen molar-refractivity contribution in [3.8, 4) is 0 Å². The first-order valence-electron chi connectivity index (χ1n) is 33.7.